The van der Waals surface area contributed by atoms with Crippen molar-refractivity contribution in [3.05, 3.63) is 47.9 Å². The van der Waals surface area contributed by atoms with Crippen LogP contribution >= 0.6 is 0 Å². The van der Waals surface area contributed by atoms with Gasteiger partial charge in [-0.1, -0.05) is 13.8 Å². The third kappa shape index (κ3) is 4.34. The molecule has 4 rings (SSSR count). The maximum absolute atomic E-state index is 6.18. The number of methoxy groups -OCH3 is 1. The van der Waals surface area contributed by atoms with E-state index in [1.165, 1.54) is 11.9 Å². The summed E-state index contributed by atoms with van der Waals surface area (Å²) in [4.78, 5) is 14.5. The molecule has 0 aliphatic heterocycles. The number of aromatic nitrogens is 3. The minimum Gasteiger partial charge on any atom is -0.493 e. The van der Waals surface area contributed by atoms with Gasteiger partial charge in [-0.3, -0.25) is 0 Å². The van der Waals surface area contributed by atoms with Gasteiger partial charge in [-0.25, -0.2) is 9.97 Å². The van der Waals surface area contributed by atoms with Gasteiger partial charge < -0.3 is 24.1 Å². The van der Waals surface area contributed by atoms with Crippen molar-refractivity contribution in [2.75, 3.05) is 33.4 Å². The Labute approximate surface area is 188 Å². The van der Waals surface area contributed by atoms with Crippen molar-refractivity contribution in [3.63, 3.8) is 0 Å². The summed E-state index contributed by atoms with van der Waals surface area (Å²) < 4.78 is 17.8. The Bertz CT molecular complexity index is 1230. The number of nitrogens with zero attached hydrogens (tertiary/aromatic N) is 3. The van der Waals surface area contributed by atoms with Crippen molar-refractivity contribution in [2.24, 2.45) is 0 Å². The van der Waals surface area contributed by atoms with E-state index < -0.39 is 0 Å². The van der Waals surface area contributed by atoms with E-state index in [0.29, 0.717) is 24.0 Å². The third-order valence-corrected chi connectivity index (χ3v) is 5.94. The summed E-state index contributed by atoms with van der Waals surface area (Å²) in [6.07, 6.45) is 1.51. The Kier molecular flexibility index (Phi) is 6.46. The minimum absolute atomic E-state index is 0.479. The molecule has 2 heterocycles. The molecule has 0 saturated heterocycles. The fourth-order valence-electron chi connectivity index (χ4n) is 3.83. The number of likely N-dealkylation sites (N-methyl/N-ethyl adjacent to an activating group) is 1. The number of aromatic amines is 1. The number of aryl methyl sites for hydroxylation is 2. The zero-order valence-corrected chi connectivity index (χ0v) is 19.4. The van der Waals surface area contributed by atoms with E-state index in [0.717, 1.165) is 52.9 Å². The van der Waals surface area contributed by atoms with E-state index >= 15 is 0 Å². The maximum Gasteiger partial charge on any atom is 0.230 e. The summed E-state index contributed by atoms with van der Waals surface area (Å²) >= 11 is 0. The summed E-state index contributed by atoms with van der Waals surface area (Å²) in [6, 6.07) is 9.75. The smallest absolute Gasteiger partial charge is 0.230 e. The monoisotopic (exact) mass is 434 g/mol. The van der Waals surface area contributed by atoms with Gasteiger partial charge in [-0.2, -0.15) is 0 Å². The van der Waals surface area contributed by atoms with Crippen LogP contribution in [0.25, 0.3) is 21.8 Å². The van der Waals surface area contributed by atoms with Crippen LogP contribution in [0.1, 0.15) is 25.1 Å². The van der Waals surface area contributed by atoms with E-state index in [2.05, 4.69) is 47.5 Å². The lowest BCUT2D eigenvalue weighted by Gasteiger charge is -2.19. The molecule has 7 heteroatoms. The number of nitrogens with one attached hydrogen (secondary N) is 1. The van der Waals surface area contributed by atoms with Gasteiger partial charge >= 0.3 is 0 Å². The average molecular weight is 435 g/mol. The molecule has 0 fully saturated rings. The SMILES string of the molecule is CCN(CC)CCOc1cc2ncnc(Oc3ccc4[nH]c(C)c(C)c4c3)c2cc1OC. The molecule has 0 spiro atoms. The number of fused-ring (bicyclic) bond motifs is 2. The standard InChI is InChI=1S/C25H30N4O3/c1-6-29(7-2)10-11-31-24-14-22-20(13-23(24)30-5)25(27-15-26-22)32-18-8-9-21-19(12-18)16(3)17(4)28-21/h8-9,12-15,28H,6-7,10-11H2,1-5H3. The Morgan fingerprint density at radius 2 is 1.78 bits per heavy atom. The van der Waals surface area contributed by atoms with Crippen LogP contribution in [0.15, 0.2) is 36.7 Å². The maximum atomic E-state index is 6.18. The zero-order chi connectivity index (χ0) is 22.7. The number of hydrogen-bond donors (Lipinski definition) is 1. The highest BCUT2D eigenvalue weighted by Crippen LogP contribution is 2.36. The van der Waals surface area contributed by atoms with Gasteiger partial charge in [0, 0.05) is 29.2 Å². The van der Waals surface area contributed by atoms with E-state index in [4.69, 9.17) is 14.2 Å². The molecule has 32 heavy (non-hydrogen) atoms. The molecule has 0 amide bonds. The van der Waals surface area contributed by atoms with Crippen LogP contribution in [0.5, 0.6) is 23.1 Å². The van der Waals surface area contributed by atoms with Gasteiger partial charge in [0.15, 0.2) is 11.5 Å². The average Bonchev–Trinajstić information content (AvgIpc) is 3.09. The van der Waals surface area contributed by atoms with Gasteiger partial charge in [-0.15, -0.1) is 0 Å². The number of hydrogen-bond acceptors (Lipinski definition) is 6. The lowest BCUT2D eigenvalue weighted by Crippen LogP contribution is -2.27. The van der Waals surface area contributed by atoms with Crippen molar-refractivity contribution in [3.8, 4) is 23.1 Å². The van der Waals surface area contributed by atoms with E-state index in [9.17, 15) is 0 Å². The Morgan fingerprint density at radius 1 is 0.969 bits per heavy atom. The van der Waals surface area contributed by atoms with Crippen LogP contribution in [-0.4, -0.2) is 53.2 Å². The van der Waals surface area contributed by atoms with Crippen molar-refractivity contribution in [1.82, 2.24) is 19.9 Å². The van der Waals surface area contributed by atoms with Crippen LogP contribution in [0.2, 0.25) is 0 Å². The summed E-state index contributed by atoms with van der Waals surface area (Å²) in [5.41, 5.74) is 4.20. The van der Waals surface area contributed by atoms with Crippen LogP contribution in [-0.2, 0) is 0 Å². The molecule has 1 N–H and O–H groups in total. The van der Waals surface area contributed by atoms with E-state index in [-0.39, 0.29) is 0 Å². The first kappa shape index (κ1) is 21.9. The minimum atomic E-state index is 0.479. The van der Waals surface area contributed by atoms with Gasteiger partial charge in [-0.05, 0) is 56.8 Å². The van der Waals surface area contributed by atoms with Gasteiger partial charge in [0.2, 0.25) is 5.88 Å². The lowest BCUT2D eigenvalue weighted by molar-refractivity contribution is 0.217. The molecule has 7 nitrogen and oxygen atoms in total. The highest BCUT2D eigenvalue weighted by atomic mass is 16.5. The van der Waals surface area contributed by atoms with Crippen molar-refractivity contribution in [1.29, 1.82) is 0 Å². The third-order valence-electron chi connectivity index (χ3n) is 5.94. The van der Waals surface area contributed by atoms with Gasteiger partial charge in [0.05, 0.1) is 18.0 Å². The fourth-order valence-corrected chi connectivity index (χ4v) is 3.83. The molecule has 2 aromatic heterocycles. The second-order valence-corrected chi connectivity index (χ2v) is 7.76. The van der Waals surface area contributed by atoms with E-state index in [1.54, 1.807) is 7.11 Å². The number of ether oxygens (including phenoxy) is 3. The number of benzene rings is 2. The van der Waals surface area contributed by atoms with E-state index in [1.807, 2.05) is 30.3 Å². The second-order valence-electron chi connectivity index (χ2n) is 7.76. The summed E-state index contributed by atoms with van der Waals surface area (Å²) in [5, 5.41) is 1.90. The lowest BCUT2D eigenvalue weighted by atomic mass is 10.1. The first-order valence-electron chi connectivity index (χ1n) is 11.0. The highest BCUT2D eigenvalue weighted by molar-refractivity contribution is 5.88. The molecule has 0 saturated carbocycles. The van der Waals surface area contributed by atoms with Crippen molar-refractivity contribution >= 4 is 21.8 Å². The number of H-pyrrole nitrogens is 1. The molecule has 0 unspecified atom stereocenters. The Hall–Kier alpha value is -3.32. The van der Waals surface area contributed by atoms with Crippen LogP contribution in [0, 0.1) is 13.8 Å². The van der Waals surface area contributed by atoms with Crippen LogP contribution in [0.3, 0.4) is 0 Å². The Morgan fingerprint density at radius 3 is 2.53 bits per heavy atom. The number of rotatable bonds is 9. The van der Waals surface area contributed by atoms with Crippen molar-refractivity contribution in [2.45, 2.75) is 27.7 Å². The summed E-state index contributed by atoms with van der Waals surface area (Å²) in [7, 11) is 1.63. The first-order valence-corrected chi connectivity index (χ1v) is 11.0. The van der Waals surface area contributed by atoms with Gasteiger partial charge in [0.1, 0.15) is 18.7 Å². The van der Waals surface area contributed by atoms with Gasteiger partial charge in [0.25, 0.3) is 0 Å². The largest absolute Gasteiger partial charge is 0.493 e. The molecule has 0 aliphatic rings. The molecule has 0 aliphatic carbocycles. The van der Waals surface area contributed by atoms with Crippen LogP contribution < -0.4 is 14.2 Å². The van der Waals surface area contributed by atoms with Crippen molar-refractivity contribution < 1.29 is 14.2 Å². The predicted molar refractivity (Wildman–Crippen MR) is 127 cm³/mol. The molecule has 4 aromatic rings. The molecule has 0 radical (unpaired) electrons. The molecule has 2 aromatic carbocycles. The summed E-state index contributed by atoms with van der Waals surface area (Å²) in [5.74, 6) is 2.49. The molecular weight excluding hydrogens is 404 g/mol. The Balaban J connectivity index is 1.62. The topological polar surface area (TPSA) is 72.5 Å². The highest BCUT2D eigenvalue weighted by Gasteiger charge is 2.14. The first-order chi connectivity index (χ1) is 15.5. The zero-order valence-electron chi connectivity index (χ0n) is 19.4. The molecule has 0 atom stereocenters. The quantitative estimate of drug-likeness (QED) is 0.388. The molecular formula is C25H30N4O3. The normalized spacial score (nSPS) is 11.4. The molecule has 168 valence electrons. The predicted octanol–water partition coefficient (Wildman–Crippen LogP) is 5.25. The van der Waals surface area contributed by atoms with Crippen LogP contribution in [0.4, 0.5) is 0 Å². The molecule has 0 bridgehead atoms. The summed E-state index contributed by atoms with van der Waals surface area (Å²) in [6.45, 7) is 11.9. The fraction of sp³-hybridized carbons (Fsp3) is 0.360. The second kappa shape index (κ2) is 9.44.